The normalized spacial score (nSPS) is 11.0. The number of nitrogen functional groups attached to an aromatic ring is 1. The highest BCUT2D eigenvalue weighted by molar-refractivity contribution is 5.97. The number of aryl methyl sites for hydroxylation is 1. The standard InChI is InChI=1S/C28H30N6O4/c1-4-14-37-23-11-8-20(16-24(23)38-15-5-2)25(32-21-9-6-19(7-10-21)26(29)30)28(36)34-33-27(35)22-12-13-31-17-18(22)3/h4-13,16-17,25,32H,1-2,14-15H2,3H3,(H3,29,30)(H,33,35)(H,34,36). The minimum atomic E-state index is -0.948. The van der Waals surface area contributed by atoms with Gasteiger partial charge >= 0.3 is 0 Å². The van der Waals surface area contributed by atoms with E-state index in [0.717, 1.165) is 0 Å². The molecule has 2 amide bonds. The van der Waals surface area contributed by atoms with Crippen LogP contribution in [-0.2, 0) is 4.79 Å². The molecular formula is C28H30N6O4. The number of amides is 2. The first-order chi connectivity index (χ1) is 18.3. The topological polar surface area (TPSA) is 151 Å². The highest BCUT2D eigenvalue weighted by atomic mass is 16.5. The van der Waals surface area contributed by atoms with Crippen LogP contribution in [0.15, 0.2) is 86.2 Å². The molecule has 0 aliphatic rings. The fraction of sp³-hybridized carbons (Fsp3) is 0.143. The van der Waals surface area contributed by atoms with E-state index in [-0.39, 0.29) is 19.0 Å². The maximum atomic E-state index is 13.4. The van der Waals surface area contributed by atoms with Crippen molar-refractivity contribution in [2.75, 3.05) is 18.5 Å². The van der Waals surface area contributed by atoms with E-state index in [4.69, 9.17) is 20.6 Å². The van der Waals surface area contributed by atoms with Gasteiger partial charge in [0, 0.05) is 29.2 Å². The largest absolute Gasteiger partial charge is 0.486 e. The van der Waals surface area contributed by atoms with Gasteiger partial charge in [0.1, 0.15) is 25.1 Å². The second kappa shape index (κ2) is 13.3. The van der Waals surface area contributed by atoms with Crippen molar-refractivity contribution < 1.29 is 19.1 Å². The van der Waals surface area contributed by atoms with Gasteiger partial charge in [-0.2, -0.15) is 0 Å². The van der Waals surface area contributed by atoms with Gasteiger partial charge in [-0.15, -0.1) is 0 Å². The number of benzene rings is 2. The Morgan fingerprint density at radius 2 is 1.71 bits per heavy atom. The van der Waals surface area contributed by atoms with E-state index in [9.17, 15) is 9.59 Å². The summed E-state index contributed by atoms with van der Waals surface area (Å²) in [6.07, 6.45) is 6.27. The molecule has 1 atom stereocenters. The molecule has 3 rings (SSSR count). The molecule has 0 saturated carbocycles. The SMILES string of the molecule is C=CCOc1ccc(C(Nc2ccc(C(=N)N)cc2)C(=O)NNC(=O)c2ccncc2C)cc1OCC=C. The van der Waals surface area contributed by atoms with Crippen LogP contribution in [0.5, 0.6) is 11.5 Å². The number of carbonyl (C=O) groups excluding carboxylic acids is 2. The van der Waals surface area contributed by atoms with Crippen molar-refractivity contribution in [2.24, 2.45) is 5.73 Å². The van der Waals surface area contributed by atoms with Gasteiger partial charge in [-0.1, -0.05) is 31.4 Å². The van der Waals surface area contributed by atoms with Crippen molar-refractivity contribution in [1.29, 1.82) is 5.41 Å². The molecule has 0 saturated heterocycles. The Morgan fingerprint density at radius 1 is 1.03 bits per heavy atom. The van der Waals surface area contributed by atoms with E-state index < -0.39 is 17.9 Å². The number of amidine groups is 1. The molecule has 1 heterocycles. The van der Waals surface area contributed by atoms with E-state index in [1.807, 2.05) is 0 Å². The van der Waals surface area contributed by atoms with Crippen molar-refractivity contribution in [3.05, 3.63) is 108 Å². The summed E-state index contributed by atoms with van der Waals surface area (Å²) < 4.78 is 11.4. The highest BCUT2D eigenvalue weighted by Gasteiger charge is 2.23. The van der Waals surface area contributed by atoms with Gasteiger partial charge < -0.3 is 20.5 Å². The van der Waals surface area contributed by atoms with Gasteiger partial charge in [0.25, 0.3) is 11.8 Å². The quantitative estimate of drug-likeness (QED) is 0.107. The summed E-state index contributed by atoms with van der Waals surface area (Å²) in [6.45, 7) is 9.58. The monoisotopic (exact) mass is 514 g/mol. The fourth-order valence-electron chi connectivity index (χ4n) is 3.43. The average molecular weight is 515 g/mol. The molecule has 0 aliphatic heterocycles. The van der Waals surface area contributed by atoms with E-state index in [0.29, 0.717) is 39.4 Å². The number of nitrogens with one attached hydrogen (secondary N) is 4. The van der Waals surface area contributed by atoms with Gasteiger partial charge in [-0.05, 0) is 60.5 Å². The zero-order valence-corrected chi connectivity index (χ0v) is 21.0. The maximum absolute atomic E-state index is 13.4. The molecule has 0 aliphatic carbocycles. The number of nitrogens with two attached hydrogens (primary N) is 1. The first-order valence-corrected chi connectivity index (χ1v) is 11.7. The molecule has 2 aromatic carbocycles. The van der Waals surface area contributed by atoms with Gasteiger partial charge in [-0.25, -0.2) is 0 Å². The zero-order valence-electron chi connectivity index (χ0n) is 21.0. The molecule has 38 heavy (non-hydrogen) atoms. The Balaban J connectivity index is 1.90. The lowest BCUT2D eigenvalue weighted by Gasteiger charge is -2.22. The number of hydrogen-bond acceptors (Lipinski definition) is 7. The summed E-state index contributed by atoms with van der Waals surface area (Å²) >= 11 is 0. The molecule has 1 unspecified atom stereocenters. The summed E-state index contributed by atoms with van der Waals surface area (Å²) in [5, 5.41) is 10.8. The van der Waals surface area contributed by atoms with Crippen LogP contribution >= 0.6 is 0 Å². The third-order valence-electron chi connectivity index (χ3n) is 5.35. The lowest BCUT2D eigenvalue weighted by molar-refractivity contribution is -0.122. The smallest absolute Gasteiger partial charge is 0.270 e. The third kappa shape index (κ3) is 7.20. The summed E-state index contributed by atoms with van der Waals surface area (Å²) in [4.78, 5) is 30.0. The summed E-state index contributed by atoms with van der Waals surface area (Å²) in [6, 6.07) is 12.4. The number of anilines is 1. The lowest BCUT2D eigenvalue weighted by Crippen LogP contribution is -2.45. The molecule has 3 aromatic rings. The van der Waals surface area contributed by atoms with Crippen LogP contribution in [0.3, 0.4) is 0 Å². The predicted octanol–water partition coefficient (Wildman–Crippen LogP) is 3.42. The second-order valence-corrected chi connectivity index (χ2v) is 8.11. The Hall–Kier alpha value is -5.12. The van der Waals surface area contributed by atoms with Crippen LogP contribution in [0.1, 0.15) is 33.1 Å². The predicted molar refractivity (Wildman–Crippen MR) is 146 cm³/mol. The van der Waals surface area contributed by atoms with Crippen LogP contribution in [0.4, 0.5) is 5.69 Å². The summed E-state index contributed by atoms with van der Waals surface area (Å²) in [7, 11) is 0. The molecule has 6 N–H and O–H groups in total. The molecule has 10 nitrogen and oxygen atoms in total. The molecule has 0 radical (unpaired) electrons. The Bertz CT molecular complexity index is 1320. The molecule has 0 bridgehead atoms. The number of carbonyl (C=O) groups is 2. The van der Waals surface area contributed by atoms with Gasteiger partial charge in [0.05, 0.1) is 0 Å². The minimum absolute atomic E-state index is 0.0703. The first-order valence-electron chi connectivity index (χ1n) is 11.7. The van der Waals surface area contributed by atoms with E-state index >= 15 is 0 Å². The number of pyridine rings is 1. The van der Waals surface area contributed by atoms with Crippen LogP contribution in [0.25, 0.3) is 0 Å². The van der Waals surface area contributed by atoms with E-state index in [1.165, 1.54) is 6.20 Å². The molecule has 1 aromatic heterocycles. The fourth-order valence-corrected chi connectivity index (χ4v) is 3.43. The van der Waals surface area contributed by atoms with Crippen molar-refractivity contribution in [3.8, 4) is 11.5 Å². The summed E-state index contributed by atoms with van der Waals surface area (Å²) in [5.74, 6) is -0.200. The molecule has 0 spiro atoms. The first kappa shape index (κ1) is 27.5. The van der Waals surface area contributed by atoms with Gasteiger partial charge in [0.2, 0.25) is 0 Å². The molecule has 0 fully saturated rings. The Labute approximate surface area is 221 Å². The van der Waals surface area contributed by atoms with Crippen molar-refractivity contribution >= 4 is 23.3 Å². The number of rotatable bonds is 12. The number of hydrazine groups is 1. The van der Waals surface area contributed by atoms with Crippen LogP contribution in [-0.4, -0.2) is 35.8 Å². The molecular weight excluding hydrogens is 484 g/mol. The van der Waals surface area contributed by atoms with Crippen molar-refractivity contribution in [3.63, 3.8) is 0 Å². The summed E-state index contributed by atoms with van der Waals surface area (Å²) in [5.41, 5.74) is 13.2. The maximum Gasteiger partial charge on any atom is 0.270 e. The number of hydrogen-bond donors (Lipinski definition) is 5. The average Bonchev–Trinajstić information content (AvgIpc) is 2.93. The van der Waals surface area contributed by atoms with Gasteiger partial charge in [-0.3, -0.25) is 30.8 Å². The molecule has 10 heteroatoms. The van der Waals surface area contributed by atoms with E-state index in [2.05, 4.69) is 34.3 Å². The van der Waals surface area contributed by atoms with Crippen molar-refractivity contribution in [1.82, 2.24) is 15.8 Å². The lowest BCUT2D eigenvalue weighted by atomic mass is 10.0. The van der Waals surface area contributed by atoms with Crippen LogP contribution < -0.4 is 31.4 Å². The Kier molecular flexibility index (Phi) is 9.59. The minimum Gasteiger partial charge on any atom is -0.486 e. The number of ether oxygens (including phenoxy) is 2. The van der Waals surface area contributed by atoms with Crippen LogP contribution in [0, 0.1) is 12.3 Å². The number of nitrogens with zero attached hydrogens (tertiary/aromatic N) is 1. The number of aromatic nitrogens is 1. The van der Waals surface area contributed by atoms with Gasteiger partial charge in [0.15, 0.2) is 11.5 Å². The van der Waals surface area contributed by atoms with Crippen molar-refractivity contribution in [2.45, 2.75) is 13.0 Å². The van der Waals surface area contributed by atoms with E-state index in [1.54, 1.807) is 73.8 Å². The molecule has 196 valence electrons. The third-order valence-corrected chi connectivity index (χ3v) is 5.35. The Morgan fingerprint density at radius 3 is 2.34 bits per heavy atom. The second-order valence-electron chi connectivity index (χ2n) is 8.11. The highest BCUT2D eigenvalue weighted by Crippen LogP contribution is 2.32. The van der Waals surface area contributed by atoms with Crippen LogP contribution in [0.2, 0.25) is 0 Å². The zero-order chi connectivity index (χ0) is 27.5.